The standard InChI is InChI=1S/C10H10N2O2/c1-11-8-2-3-9-7(6-8)4-5-12(9)10(13)14/h2-6,11H,1H3,(H,13,14). The first kappa shape index (κ1) is 8.62. The summed E-state index contributed by atoms with van der Waals surface area (Å²) in [7, 11) is 1.83. The molecule has 2 rings (SSSR count). The van der Waals surface area contributed by atoms with E-state index in [0.29, 0.717) is 5.52 Å². The Kier molecular flexibility index (Phi) is 1.89. The molecule has 4 heteroatoms. The van der Waals surface area contributed by atoms with Crippen LogP contribution in [0.2, 0.25) is 0 Å². The quantitative estimate of drug-likeness (QED) is 0.724. The third-order valence-corrected chi connectivity index (χ3v) is 2.18. The predicted octanol–water partition coefficient (Wildman–Crippen LogP) is 2.21. The van der Waals surface area contributed by atoms with Crippen molar-refractivity contribution in [2.24, 2.45) is 0 Å². The average molecular weight is 190 g/mol. The van der Waals surface area contributed by atoms with Gasteiger partial charge in [-0.1, -0.05) is 0 Å². The molecule has 1 aromatic heterocycles. The van der Waals surface area contributed by atoms with Crippen molar-refractivity contribution in [3.63, 3.8) is 0 Å². The maximum Gasteiger partial charge on any atom is 0.415 e. The van der Waals surface area contributed by atoms with Crippen LogP contribution in [0.5, 0.6) is 0 Å². The lowest BCUT2D eigenvalue weighted by atomic mass is 10.2. The van der Waals surface area contributed by atoms with E-state index in [1.165, 1.54) is 4.57 Å². The van der Waals surface area contributed by atoms with Gasteiger partial charge in [-0.05, 0) is 24.3 Å². The normalized spacial score (nSPS) is 10.4. The number of carboxylic acid groups (broad SMARTS) is 1. The van der Waals surface area contributed by atoms with Crippen LogP contribution in [0.1, 0.15) is 0 Å². The van der Waals surface area contributed by atoms with E-state index in [0.717, 1.165) is 11.1 Å². The molecule has 2 N–H and O–H groups in total. The smallest absolute Gasteiger partial charge is 0.415 e. The molecule has 0 aliphatic heterocycles. The van der Waals surface area contributed by atoms with Crippen LogP contribution in [0.4, 0.5) is 10.5 Å². The molecule has 0 aliphatic carbocycles. The highest BCUT2D eigenvalue weighted by molar-refractivity contribution is 5.90. The molecule has 4 nitrogen and oxygen atoms in total. The largest absolute Gasteiger partial charge is 0.464 e. The molecule has 0 radical (unpaired) electrons. The molecule has 0 spiro atoms. The Balaban J connectivity index is 2.65. The van der Waals surface area contributed by atoms with Crippen molar-refractivity contribution in [1.82, 2.24) is 4.57 Å². The van der Waals surface area contributed by atoms with Crippen LogP contribution in [0.3, 0.4) is 0 Å². The number of carbonyl (C=O) groups is 1. The fraction of sp³-hybridized carbons (Fsp3) is 0.100. The number of nitrogens with zero attached hydrogens (tertiary/aromatic N) is 1. The zero-order chi connectivity index (χ0) is 10.1. The maximum absolute atomic E-state index is 10.8. The Hall–Kier alpha value is -1.97. The van der Waals surface area contributed by atoms with Crippen molar-refractivity contribution in [1.29, 1.82) is 0 Å². The number of anilines is 1. The van der Waals surface area contributed by atoms with E-state index in [4.69, 9.17) is 5.11 Å². The first-order chi connectivity index (χ1) is 6.72. The van der Waals surface area contributed by atoms with E-state index in [9.17, 15) is 4.79 Å². The minimum absolute atomic E-state index is 0.705. The van der Waals surface area contributed by atoms with Crippen LogP contribution in [-0.4, -0.2) is 22.8 Å². The first-order valence-electron chi connectivity index (χ1n) is 4.24. The second kappa shape index (κ2) is 3.06. The molecule has 0 aliphatic rings. The van der Waals surface area contributed by atoms with Gasteiger partial charge in [-0.3, -0.25) is 4.57 Å². The third kappa shape index (κ3) is 1.21. The number of benzene rings is 1. The molecule has 2 aromatic rings. The van der Waals surface area contributed by atoms with E-state index in [2.05, 4.69) is 5.32 Å². The minimum Gasteiger partial charge on any atom is -0.464 e. The van der Waals surface area contributed by atoms with E-state index < -0.39 is 6.09 Å². The van der Waals surface area contributed by atoms with Crippen LogP contribution in [-0.2, 0) is 0 Å². The van der Waals surface area contributed by atoms with E-state index in [1.807, 2.05) is 19.2 Å². The third-order valence-electron chi connectivity index (χ3n) is 2.18. The molecule has 0 saturated carbocycles. The predicted molar refractivity (Wildman–Crippen MR) is 54.9 cm³/mol. The number of nitrogens with one attached hydrogen (secondary N) is 1. The Labute approximate surface area is 80.8 Å². The lowest BCUT2D eigenvalue weighted by Crippen LogP contribution is -2.05. The molecule has 14 heavy (non-hydrogen) atoms. The van der Waals surface area contributed by atoms with Gasteiger partial charge in [0.25, 0.3) is 0 Å². The summed E-state index contributed by atoms with van der Waals surface area (Å²) in [5.41, 5.74) is 1.68. The van der Waals surface area contributed by atoms with Gasteiger partial charge in [-0.2, -0.15) is 0 Å². The molecule has 0 saturated heterocycles. The summed E-state index contributed by atoms with van der Waals surface area (Å²) in [5, 5.41) is 12.8. The highest BCUT2D eigenvalue weighted by Crippen LogP contribution is 2.19. The van der Waals surface area contributed by atoms with Crippen molar-refractivity contribution in [2.45, 2.75) is 0 Å². The van der Waals surface area contributed by atoms with Gasteiger partial charge in [0.05, 0.1) is 5.52 Å². The SMILES string of the molecule is CNc1ccc2c(ccn2C(=O)O)c1. The lowest BCUT2D eigenvalue weighted by molar-refractivity contribution is 0.197. The van der Waals surface area contributed by atoms with Gasteiger partial charge in [0.1, 0.15) is 0 Å². The van der Waals surface area contributed by atoms with Gasteiger partial charge in [-0.15, -0.1) is 0 Å². The van der Waals surface area contributed by atoms with Crippen LogP contribution < -0.4 is 5.32 Å². The van der Waals surface area contributed by atoms with Crippen LogP contribution >= 0.6 is 0 Å². The summed E-state index contributed by atoms with van der Waals surface area (Å²) >= 11 is 0. The van der Waals surface area contributed by atoms with Crippen molar-refractivity contribution in [3.05, 3.63) is 30.5 Å². The van der Waals surface area contributed by atoms with Crippen LogP contribution in [0.25, 0.3) is 10.9 Å². The molecule has 0 unspecified atom stereocenters. The number of hydrogen-bond donors (Lipinski definition) is 2. The molecular weight excluding hydrogens is 180 g/mol. The number of fused-ring (bicyclic) bond motifs is 1. The second-order valence-electron chi connectivity index (χ2n) is 2.99. The average Bonchev–Trinajstić information content (AvgIpc) is 2.59. The highest BCUT2D eigenvalue weighted by Gasteiger charge is 2.06. The topological polar surface area (TPSA) is 54.3 Å². The summed E-state index contributed by atoms with van der Waals surface area (Å²) in [4.78, 5) is 10.8. The van der Waals surface area contributed by atoms with Crippen LogP contribution in [0.15, 0.2) is 30.5 Å². The number of hydrogen-bond acceptors (Lipinski definition) is 2. The minimum atomic E-state index is -0.961. The van der Waals surface area contributed by atoms with Crippen molar-refractivity contribution < 1.29 is 9.90 Å². The molecule has 1 aromatic carbocycles. The van der Waals surface area contributed by atoms with Crippen molar-refractivity contribution in [3.8, 4) is 0 Å². The molecule has 0 bridgehead atoms. The Bertz CT molecular complexity index is 488. The van der Waals surface area contributed by atoms with Gasteiger partial charge in [0.15, 0.2) is 0 Å². The molecule has 0 fully saturated rings. The fourth-order valence-corrected chi connectivity index (χ4v) is 1.46. The van der Waals surface area contributed by atoms with Crippen molar-refractivity contribution >= 4 is 22.7 Å². The van der Waals surface area contributed by atoms with Gasteiger partial charge < -0.3 is 10.4 Å². The number of aromatic nitrogens is 1. The van der Waals surface area contributed by atoms with Gasteiger partial charge in [-0.25, -0.2) is 4.79 Å². The maximum atomic E-state index is 10.8. The fourth-order valence-electron chi connectivity index (χ4n) is 1.46. The molecule has 0 atom stereocenters. The summed E-state index contributed by atoms with van der Waals surface area (Å²) in [6.45, 7) is 0. The monoisotopic (exact) mass is 190 g/mol. The van der Waals surface area contributed by atoms with E-state index in [-0.39, 0.29) is 0 Å². The second-order valence-corrected chi connectivity index (χ2v) is 2.99. The van der Waals surface area contributed by atoms with E-state index in [1.54, 1.807) is 18.3 Å². The Morgan fingerprint density at radius 3 is 2.86 bits per heavy atom. The number of rotatable bonds is 1. The van der Waals surface area contributed by atoms with E-state index >= 15 is 0 Å². The van der Waals surface area contributed by atoms with Crippen molar-refractivity contribution in [2.75, 3.05) is 12.4 Å². The zero-order valence-electron chi connectivity index (χ0n) is 7.69. The van der Waals surface area contributed by atoms with Gasteiger partial charge in [0.2, 0.25) is 0 Å². The van der Waals surface area contributed by atoms with Gasteiger partial charge >= 0.3 is 6.09 Å². The van der Waals surface area contributed by atoms with Crippen LogP contribution in [0, 0.1) is 0 Å². The molecule has 72 valence electrons. The Morgan fingerprint density at radius 2 is 2.21 bits per heavy atom. The van der Waals surface area contributed by atoms with Gasteiger partial charge in [0, 0.05) is 24.3 Å². The molecular formula is C10H10N2O2. The first-order valence-corrected chi connectivity index (χ1v) is 4.24. The molecule has 1 heterocycles. The Morgan fingerprint density at radius 1 is 1.43 bits per heavy atom. The lowest BCUT2D eigenvalue weighted by Gasteiger charge is -2.01. The highest BCUT2D eigenvalue weighted by atomic mass is 16.4. The molecule has 0 amide bonds. The summed E-state index contributed by atoms with van der Waals surface area (Å²) in [5.74, 6) is 0. The summed E-state index contributed by atoms with van der Waals surface area (Å²) in [6.07, 6.45) is 0.587. The summed E-state index contributed by atoms with van der Waals surface area (Å²) < 4.78 is 1.20. The summed E-state index contributed by atoms with van der Waals surface area (Å²) in [6, 6.07) is 7.33. The zero-order valence-corrected chi connectivity index (χ0v) is 7.69.